The second-order valence-electron chi connectivity index (χ2n) is 20.9. The number of benzene rings is 4. The van der Waals surface area contributed by atoms with Crippen molar-refractivity contribution in [2.24, 2.45) is 37.7 Å². The SMILES string of the molecule is CC1CC(C2=CC3c4ccccc4OC3C3CC2C3)=Cc2c1n(C1=CCCC(C3N=C(c4ccccc4)N=C(C4C=CC=CC4)[NH2+]3)=C1)c1ccc(C3=NC(c4ccccc4)N=C(C4=CCCC=C4)N3)cc21. The van der Waals surface area contributed by atoms with E-state index in [-0.39, 0.29) is 36.2 Å². The molecule has 3 aliphatic heterocycles. The van der Waals surface area contributed by atoms with Gasteiger partial charge in [-0.2, -0.15) is 4.99 Å². The number of aliphatic imine (C=N–C) groups is 4. The lowest BCUT2D eigenvalue weighted by molar-refractivity contribution is -0.574. The zero-order valence-electron chi connectivity index (χ0n) is 40.2. The van der Waals surface area contributed by atoms with Crippen LogP contribution in [0.2, 0.25) is 0 Å². The summed E-state index contributed by atoms with van der Waals surface area (Å²) in [7, 11) is 0. The third-order valence-electron chi connectivity index (χ3n) is 16.4. The number of hydrogen-bond donors (Lipinski definition) is 2. The van der Waals surface area contributed by atoms with E-state index in [2.05, 4.69) is 192 Å². The van der Waals surface area contributed by atoms with Gasteiger partial charge in [0.05, 0.1) is 11.4 Å². The summed E-state index contributed by atoms with van der Waals surface area (Å²) in [6, 6.07) is 36.8. The van der Waals surface area contributed by atoms with Gasteiger partial charge < -0.3 is 14.6 Å². The van der Waals surface area contributed by atoms with Gasteiger partial charge in [0.1, 0.15) is 23.5 Å². The summed E-state index contributed by atoms with van der Waals surface area (Å²) in [6.45, 7) is 2.46. The van der Waals surface area contributed by atoms with Crippen LogP contribution in [-0.4, -0.2) is 40.2 Å². The Kier molecular flexibility index (Phi) is 10.4. The van der Waals surface area contributed by atoms with E-state index in [9.17, 15) is 0 Å². The van der Waals surface area contributed by atoms with Crippen LogP contribution in [0.25, 0.3) is 22.7 Å². The van der Waals surface area contributed by atoms with Gasteiger partial charge in [0, 0.05) is 62.0 Å². The van der Waals surface area contributed by atoms with Crippen LogP contribution in [0.15, 0.2) is 206 Å². The van der Waals surface area contributed by atoms with E-state index in [1.54, 1.807) is 5.57 Å². The van der Waals surface area contributed by atoms with Gasteiger partial charge in [-0.25, -0.2) is 15.0 Å². The molecule has 8 nitrogen and oxygen atoms in total. The number of rotatable bonds is 8. The molecule has 15 rings (SSSR count). The molecule has 10 aliphatic rings. The molecule has 71 heavy (non-hydrogen) atoms. The third kappa shape index (κ3) is 7.54. The van der Waals surface area contributed by atoms with Gasteiger partial charge in [0.2, 0.25) is 12.0 Å². The summed E-state index contributed by atoms with van der Waals surface area (Å²) in [4.78, 5) is 21.2. The summed E-state index contributed by atoms with van der Waals surface area (Å²) in [5.41, 5.74) is 15.2. The number of hydrogen-bond acceptors (Lipinski definition) is 6. The molecule has 0 radical (unpaired) electrons. The summed E-state index contributed by atoms with van der Waals surface area (Å²) >= 11 is 0. The molecule has 0 amide bonds. The van der Waals surface area contributed by atoms with Crippen molar-refractivity contribution in [3.63, 3.8) is 0 Å². The summed E-state index contributed by atoms with van der Waals surface area (Å²) in [6.07, 6.45) is 33.8. The number of ether oxygens (including phenoxy) is 1. The molecule has 3 N–H and O–H groups in total. The monoisotopic (exact) mass is 928 g/mol. The predicted molar refractivity (Wildman–Crippen MR) is 288 cm³/mol. The largest absolute Gasteiger partial charge is 0.489 e. The first-order chi connectivity index (χ1) is 35.1. The van der Waals surface area contributed by atoms with E-state index in [1.165, 1.54) is 57.4 Å². The third-order valence-corrected chi connectivity index (χ3v) is 16.4. The molecule has 350 valence electrons. The normalized spacial score (nSPS) is 28.1. The lowest BCUT2D eigenvalue weighted by Crippen LogP contribution is -2.95. The smallest absolute Gasteiger partial charge is 0.210 e. The molecule has 1 saturated carbocycles. The molecule has 4 aromatic carbocycles. The molecule has 7 aliphatic carbocycles. The van der Waals surface area contributed by atoms with Gasteiger partial charge in [-0.05, 0) is 116 Å². The van der Waals surface area contributed by atoms with Crippen molar-refractivity contribution in [2.45, 2.75) is 88.6 Å². The summed E-state index contributed by atoms with van der Waals surface area (Å²) in [5, 5.41) is 7.32. The maximum atomic E-state index is 6.72. The molecule has 6 atom stereocenters. The number of fused-ring (bicyclic) bond motifs is 4. The van der Waals surface area contributed by atoms with Crippen molar-refractivity contribution in [1.82, 2.24) is 9.88 Å². The van der Waals surface area contributed by atoms with E-state index in [0.29, 0.717) is 11.8 Å². The quantitative estimate of drug-likeness (QED) is 0.162. The number of para-hydroxylation sites is 1. The number of allylic oxidation sites excluding steroid dienone is 10. The molecule has 4 heterocycles. The van der Waals surface area contributed by atoms with Gasteiger partial charge in [0.15, 0.2) is 12.0 Å². The zero-order valence-corrected chi connectivity index (χ0v) is 40.2. The van der Waals surface area contributed by atoms with Crippen molar-refractivity contribution < 1.29 is 10.1 Å². The first-order valence-electron chi connectivity index (χ1n) is 26.1. The van der Waals surface area contributed by atoms with Crippen LogP contribution in [0, 0.1) is 17.8 Å². The molecule has 0 saturated heterocycles. The second kappa shape index (κ2) is 17.5. The summed E-state index contributed by atoms with van der Waals surface area (Å²) in [5.74, 6) is 6.65. The Labute approximate surface area is 415 Å². The minimum absolute atomic E-state index is 0.103. The molecule has 6 unspecified atom stereocenters. The van der Waals surface area contributed by atoms with Crippen LogP contribution in [0.5, 0.6) is 5.75 Å². The van der Waals surface area contributed by atoms with E-state index < -0.39 is 0 Å². The van der Waals surface area contributed by atoms with Gasteiger partial charge in [-0.3, -0.25) is 5.32 Å². The molecular weight excluding hydrogens is 871 g/mol. The fourth-order valence-corrected chi connectivity index (χ4v) is 12.8. The molecule has 0 spiro atoms. The van der Waals surface area contributed by atoms with Crippen LogP contribution in [0.3, 0.4) is 0 Å². The van der Waals surface area contributed by atoms with Gasteiger partial charge >= 0.3 is 0 Å². The number of nitrogens with zero attached hydrogens (tertiary/aromatic N) is 5. The maximum Gasteiger partial charge on any atom is 0.210 e. The van der Waals surface area contributed by atoms with Gasteiger partial charge in [-0.15, -0.1) is 0 Å². The van der Waals surface area contributed by atoms with Crippen molar-refractivity contribution >= 4 is 46.0 Å². The Bertz CT molecular complexity index is 3400. The maximum absolute atomic E-state index is 6.72. The minimum Gasteiger partial charge on any atom is -0.489 e. The fourth-order valence-electron chi connectivity index (χ4n) is 12.8. The minimum atomic E-state index is -0.352. The molecule has 5 aromatic rings. The molecule has 1 fully saturated rings. The number of quaternary nitrogens is 1. The number of aromatic nitrogens is 1. The highest BCUT2D eigenvalue weighted by Gasteiger charge is 2.49. The molecule has 8 heteroatoms. The molecular formula is C63H58N7O+. The highest BCUT2D eigenvalue weighted by Crippen LogP contribution is 2.57. The Morgan fingerprint density at radius 3 is 2.48 bits per heavy atom. The number of nitrogens with one attached hydrogen (secondary N) is 1. The van der Waals surface area contributed by atoms with E-state index >= 15 is 0 Å². The second-order valence-corrected chi connectivity index (χ2v) is 20.9. The van der Waals surface area contributed by atoms with Crippen LogP contribution >= 0.6 is 0 Å². The van der Waals surface area contributed by atoms with E-state index in [1.807, 2.05) is 0 Å². The van der Waals surface area contributed by atoms with Gasteiger partial charge in [-0.1, -0.05) is 140 Å². The lowest BCUT2D eigenvalue weighted by Gasteiger charge is -2.39. The highest BCUT2D eigenvalue weighted by molar-refractivity contribution is 6.17. The zero-order chi connectivity index (χ0) is 47.0. The molecule has 1 aromatic heterocycles. The Hall–Kier alpha value is -7.42. The van der Waals surface area contributed by atoms with Crippen LogP contribution in [0.1, 0.15) is 110 Å². The standard InChI is InChI=1S/C63H57N7O/c1-38-31-45(50-37-53-49-27-14-15-28-55(49)71-57(53)47-32-46(50)33-47)36-52-51-35-44(63-68-60(41-21-10-4-11-22-41)65-61(69-63)42-23-12-5-13-24-42)29-30-54(51)70(56(38)52)48-26-16-25-43(34-48)62-66-58(39-17-6-2-7-18-39)64-59(67-62)40-19-8-3-9-20-40/h2-4,6-12,14-15,17-19,21-24,26-30,34-38,40,46-47,53,57,60,62H,5,13,16,20,25,31-33H2,1H3,(H,64,66,67)(H,65,68,69)/p+1. The predicted octanol–water partition coefficient (Wildman–Crippen LogP) is 12.2. The number of nitrogens with two attached hydrogens (primary N) is 1. The summed E-state index contributed by atoms with van der Waals surface area (Å²) < 4.78 is 9.32. The Morgan fingerprint density at radius 2 is 1.63 bits per heavy atom. The fraction of sp³-hybridized carbons (Fsp3) is 0.270. The van der Waals surface area contributed by atoms with Crippen LogP contribution in [-0.2, 0) is 0 Å². The van der Waals surface area contributed by atoms with E-state index in [0.717, 1.165) is 89.9 Å². The van der Waals surface area contributed by atoms with Crippen molar-refractivity contribution in [3.8, 4) is 5.75 Å². The van der Waals surface area contributed by atoms with E-state index in [4.69, 9.17) is 24.7 Å². The van der Waals surface area contributed by atoms with Crippen LogP contribution in [0.4, 0.5) is 0 Å². The first kappa shape index (κ1) is 42.5. The van der Waals surface area contributed by atoms with Crippen molar-refractivity contribution in [2.75, 3.05) is 0 Å². The molecule has 2 bridgehead atoms. The van der Waals surface area contributed by atoms with Crippen molar-refractivity contribution in [3.05, 3.63) is 220 Å². The van der Waals surface area contributed by atoms with Gasteiger partial charge in [0.25, 0.3) is 0 Å². The number of amidine groups is 4. The van der Waals surface area contributed by atoms with Crippen molar-refractivity contribution in [1.29, 1.82) is 0 Å². The Balaban J connectivity index is 0.903. The topological polar surface area (TPSA) is 92.2 Å². The lowest BCUT2D eigenvalue weighted by atomic mass is 9.67. The average Bonchev–Trinajstić information content (AvgIpc) is 3.84. The average molecular weight is 929 g/mol. The highest BCUT2D eigenvalue weighted by atomic mass is 16.5. The first-order valence-corrected chi connectivity index (χ1v) is 26.1. The van der Waals surface area contributed by atoms with Crippen LogP contribution < -0.4 is 15.4 Å². The Morgan fingerprint density at radius 1 is 0.789 bits per heavy atom.